The van der Waals surface area contributed by atoms with Crippen molar-refractivity contribution in [2.45, 2.75) is 26.3 Å². The van der Waals surface area contributed by atoms with Crippen LogP contribution >= 0.6 is 0 Å². The lowest BCUT2D eigenvalue weighted by Gasteiger charge is -2.16. The molecule has 0 atom stereocenters. The van der Waals surface area contributed by atoms with Gasteiger partial charge in [-0.15, -0.1) is 0 Å². The highest BCUT2D eigenvalue weighted by Crippen LogP contribution is 2.31. The van der Waals surface area contributed by atoms with Crippen molar-refractivity contribution in [3.63, 3.8) is 0 Å². The normalized spacial score (nSPS) is 10.4. The number of benzene rings is 2. The van der Waals surface area contributed by atoms with Gasteiger partial charge in [-0.25, -0.2) is 14.6 Å². The van der Waals surface area contributed by atoms with Crippen LogP contribution in [0.3, 0.4) is 0 Å². The fourth-order valence-electron chi connectivity index (χ4n) is 2.63. The molecule has 5 heteroatoms. The molecule has 0 saturated heterocycles. The highest BCUT2D eigenvalue weighted by molar-refractivity contribution is 6.18. The molecule has 0 spiro atoms. The summed E-state index contributed by atoms with van der Waals surface area (Å²) in [5.74, 6) is 1.36. The Morgan fingerprint density at radius 3 is 1.62 bits per heavy atom. The first-order chi connectivity index (χ1) is 13.8. The van der Waals surface area contributed by atoms with Gasteiger partial charge in [0.15, 0.2) is 0 Å². The molecule has 0 aliphatic heterocycles. The molecule has 0 fully saturated rings. The summed E-state index contributed by atoms with van der Waals surface area (Å²) >= 11 is 0. The Morgan fingerprint density at radius 1 is 0.793 bits per heavy atom. The number of rotatable bonds is 5. The fraction of sp³-hybridized carbons (Fsp3) is 0.250. The van der Waals surface area contributed by atoms with Crippen molar-refractivity contribution in [1.82, 2.24) is 0 Å². The third-order valence-electron chi connectivity index (χ3n) is 3.91. The van der Waals surface area contributed by atoms with E-state index in [9.17, 15) is 9.59 Å². The quantitative estimate of drug-likeness (QED) is 0.331. The molecule has 0 N–H and O–H groups in total. The van der Waals surface area contributed by atoms with Crippen LogP contribution in [0.15, 0.2) is 76.8 Å². The SMILES string of the molecule is COC(=O)C(=C=NC(C)(C)C)C(C(=O)OC)=C(c1ccccc1)c1ccccc1. The standard InChI is InChI=1S/C24H25NO4/c1-24(2,3)25-16-19(22(26)28-4)21(23(27)29-5)20(17-12-8-6-9-13-17)18-14-10-7-11-15-18/h6-15H,1-5H3. The van der Waals surface area contributed by atoms with Crippen molar-refractivity contribution in [2.75, 3.05) is 14.2 Å². The van der Waals surface area contributed by atoms with Gasteiger partial charge in [0.1, 0.15) is 5.57 Å². The minimum absolute atomic E-state index is 0.0461. The summed E-state index contributed by atoms with van der Waals surface area (Å²) in [6.45, 7) is 5.60. The van der Waals surface area contributed by atoms with Crippen molar-refractivity contribution in [2.24, 2.45) is 4.99 Å². The van der Waals surface area contributed by atoms with Crippen molar-refractivity contribution in [3.8, 4) is 0 Å². The fourth-order valence-corrected chi connectivity index (χ4v) is 2.63. The molecule has 5 nitrogen and oxygen atoms in total. The first-order valence-corrected chi connectivity index (χ1v) is 9.15. The van der Waals surface area contributed by atoms with E-state index < -0.39 is 17.5 Å². The van der Waals surface area contributed by atoms with E-state index in [-0.39, 0.29) is 11.1 Å². The number of methoxy groups -OCH3 is 2. The third-order valence-corrected chi connectivity index (χ3v) is 3.91. The summed E-state index contributed by atoms with van der Waals surface area (Å²) < 4.78 is 9.97. The van der Waals surface area contributed by atoms with E-state index in [1.807, 2.05) is 81.4 Å². The minimum atomic E-state index is -0.720. The van der Waals surface area contributed by atoms with Crippen molar-refractivity contribution in [3.05, 3.63) is 82.9 Å². The predicted octanol–water partition coefficient (Wildman–Crippen LogP) is 4.23. The third kappa shape index (κ3) is 5.77. The molecule has 29 heavy (non-hydrogen) atoms. The number of carbonyl (C=O) groups excluding carboxylic acids is 2. The van der Waals surface area contributed by atoms with Gasteiger partial charge in [0.05, 0.1) is 25.3 Å². The highest BCUT2D eigenvalue weighted by Gasteiger charge is 2.28. The molecule has 0 bridgehead atoms. The van der Waals surface area contributed by atoms with Gasteiger partial charge in [0, 0.05) is 5.57 Å². The first kappa shape index (κ1) is 21.9. The molecule has 150 valence electrons. The average molecular weight is 391 g/mol. The zero-order valence-corrected chi connectivity index (χ0v) is 17.4. The molecule has 0 aromatic heterocycles. The lowest BCUT2D eigenvalue weighted by molar-refractivity contribution is -0.139. The van der Waals surface area contributed by atoms with Crippen LogP contribution in [0.4, 0.5) is 0 Å². The van der Waals surface area contributed by atoms with E-state index in [4.69, 9.17) is 9.47 Å². The zero-order valence-electron chi connectivity index (χ0n) is 17.4. The van der Waals surface area contributed by atoms with Crippen LogP contribution in [0.2, 0.25) is 0 Å². The molecule has 0 amide bonds. The molecule has 0 radical (unpaired) electrons. The summed E-state index contributed by atoms with van der Waals surface area (Å²) in [5.41, 5.74) is 1.49. The van der Waals surface area contributed by atoms with Crippen LogP contribution in [0.25, 0.3) is 5.57 Å². The van der Waals surface area contributed by atoms with Crippen LogP contribution in [0.1, 0.15) is 31.9 Å². The predicted molar refractivity (Wildman–Crippen MR) is 114 cm³/mol. The topological polar surface area (TPSA) is 65.0 Å². The largest absolute Gasteiger partial charge is 0.465 e. The number of nitrogens with zero attached hydrogens (tertiary/aromatic N) is 1. The number of esters is 2. The van der Waals surface area contributed by atoms with Crippen molar-refractivity contribution in [1.29, 1.82) is 0 Å². The van der Waals surface area contributed by atoms with E-state index in [0.29, 0.717) is 5.57 Å². The molecule has 2 rings (SSSR count). The van der Waals surface area contributed by atoms with Gasteiger partial charge in [-0.05, 0) is 37.8 Å². The van der Waals surface area contributed by atoms with E-state index in [0.717, 1.165) is 11.1 Å². The van der Waals surface area contributed by atoms with Crippen molar-refractivity contribution < 1.29 is 19.1 Å². The van der Waals surface area contributed by atoms with Crippen LogP contribution in [0, 0.1) is 0 Å². The molecular weight excluding hydrogens is 366 g/mol. The maximum absolute atomic E-state index is 12.9. The zero-order chi connectivity index (χ0) is 21.4. The minimum Gasteiger partial charge on any atom is -0.465 e. The van der Waals surface area contributed by atoms with Gasteiger partial charge in [0.25, 0.3) is 0 Å². The van der Waals surface area contributed by atoms with Gasteiger partial charge in [-0.3, -0.25) is 0 Å². The second-order valence-electron chi connectivity index (χ2n) is 7.23. The number of hydrogen-bond acceptors (Lipinski definition) is 5. The maximum atomic E-state index is 12.9. The van der Waals surface area contributed by atoms with Gasteiger partial charge in [-0.1, -0.05) is 60.7 Å². The van der Waals surface area contributed by atoms with Crippen LogP contribution < -0.4 is 0 Å². The Hall–Kier alpha value is -3.43. The molecule has 0 aliphatic rings. The highest BCUT2D eigenvalue weighted by atomic mass is 16.5. The molecule has 0 heterocycles. The Labute approximate surface area is 171 Å². The van der Waals surface area contributed by atoms with Crippen LogP contribution in [-0.4, -0.2) is 37.6 Å². The van der Waals surface area contributed by atoms with Crippen LogP contribution in [0.5, 0.6) is 0 Å². The van der Waals surface area contributed by atoms with Gasteiger partial charge in [0.2, 0.25) is 0 Å². The second-order valence-corrected chi connectivity index (χ2v) is 7.23. The summed E-state index contributed by atoms with van der Waals surface area (Å²) in [4.78, 5) is 29.8. The maximum Gasteiger partial charge on any atom is 0.348 e. The summed E-state index contributed by atoms with van der Waals surface area (Å²) in [5, 5.41) is 0. The summed E-state index contributed by atoms with van der Waals surface area (Å²) in [6, 6.07) is 18.6. The van der Waals surface area contributed by atoms with E-state index >= 15 is 0 Å². The van der Waals surface area contributed by atoms with E-state index in [1.165, 1.54) is 14.2 Å². The number of ether oxygens (including phenoxy) is 2. The van der Waals surface area contributed by atoms with E-state index in [2.05, 4.69) is 10.9 Å². The molecular formula is C24H25NO4. The Bertz CT molecular complexity index is 919. The average Bonchev–Trinajstić information content (AvgIpc) is 2.72. The van der Waals surface area contributed by atoms with Gasteiger partial charge >= 0.3 is 11.9 Å². The number of aliphatic imine (C=N–C) groups is 1. The Morgan fingerprint density at radius 2 is 1.24 bits per heavy atom. The summed E-state index contributed by atoms with van der Waals surface area (Å²) in [7, 11) is 2.52. The van der Waals surface area contributed by atoms with Crippen LogP contribution in [-0.2, 0) is 19.1 Å². The van der Waals surface area contributed by atoms with E-state index in [1.54, 1.807) is 0 Å². The molecule has 2 aromatic carbocycles. The molecule has 0 unspecified atom stereocenters. The molecule has 0 saturated carbocycles. The molecule has 2 aromatic rings. The Balaban J connectivity index is 2.99. The second kappa shape index (κ2) is 9.67. The summed E-state index contributed by atoms with van der Waals surface area (Å²) in [6.07, 6.45) is 0. The monoisotopic (exact) mass is 391 g/mol. The number of hydrogen-bond donors (Lipinski definition) is 0. The first-order valence-electron chi connectivity index (χ1n) is 9.15. The number of carbonyl (C=O) groups is 2. The molecule has 0 aliphatic carbocycles. The lowest BCUT2D eigenvalue weighted by Crippen LogP contribution is -2.19. The van der Waals surface area contributed by atoms with Gasteiger partial charge in [-0.2, -0.15) is 0 Å². The van der Waals surface area contributed by atoms with Crippen molar-refractivity contribution >= 4 is 23.4 Å². The lowest BCUT2D eigenvalue weighted by atomic mass is 9.89. The van der Waals surface area contributed by atoms with Gasteiger partial charge < -0.3 is 9.47 Å². The smallest absolute Gasteiger partial charge is 0.348 e. The Kier molecular flexibility index (Phi) is 7.29.